The lowest BCUT2D eigenvalue weighted by Crippen LogP contribution is -2.14. The van der Waals surface area contributed by atoms with Gasteiger partial charge in [0.15, 0.2) is 0 Å². The maximum absolute atomic E-state index is 2.41. The van der Waals surface area contributed by atoms with Crippen molar-refractivity contribution < 1.29 is 0 Å². The molecule has 2 aliphatic rings. The third-order valence-corrected chi connectivity index (χ3v) is 15.2. The predicted molar refractivity (Wildman–Crippen MR) is 287 cm³/mol. The zero-order valence-electron chi connectivity index (χ0n) is 38.8. The molecule has 0 amide bonds. The zero-order valence-corrected chi connectivity index (χ0v) is 38.8. The average molecular weight is 871 g/mol. The third-order valence-electron chi connectivity index (χ3n) is 15.2. The van der Waals surface area contributed by atoms with E-state index in [0.29, 0.717) is 0 Å². The quantitative estimate of drug-likeness (QED) is 0.155. The number of para-hydroxylation sites is 2. The molecule has 11 aromatic rings. The minimum absolute atomic E-state index is 0.0492. The van der Waals surface area contributed by atoms with E-state index in [-0.39, 0.29) is 10.8 Å². The number of benzene rings is 10. The molecule has 68 heavy (non-hydrogen) atoms. The van der Waals surface area contributed by atoms with Gasteiger partial charge in [0.05, 0.1) is 11.0 Å². The molecule has 0 saturated carbocycles. The molecular weight excluding hydrogens is 821 g/mol. The van der Waals surface area contributed by atoms with Gasteiger partial charge in [-0.3, -0.25) is 0 Å². The second kappa shape index (κ2) is 15.2. The summed E-state index contributed by atoms with van der Waals surface area (Å²) in [7, 11) is 0. The predicted octanol–water partition coefficient (Wildman–Crippen LogP) is 17.9. The highest BCUT2D eigenvalue weighted by Gasteiger charge is 2.36. The van der Waals surface area contributed by atoms with Gasteiger partial charge in [-0.25, -0.2) is 0 Å². The molecule has 0 atom stereocenters. The van der Waals surface area contributed by atoms with Gasteiger partial charge in [-0.1, -0.05) is 185 Å². The summed E-state index contributed by atoms with van der Waals surface area (Å²) in [6.07, 6.45) is 0. The minimum Gasteiger partial charge on any atom is -0.311 e. The van der Waals surface area contributed by atoms with E-state index < -0.39 is 0 Å². The molecule has 2 aliphatic carbocycles. The number of fused-ring (bicyclic) bond motifs is 9. The van der Waals surface area contributed by atoms with Crippen LogP contribution in [-0.4, -0.2) is 4.57 Å². The fourth-order valence-corrected chi connectivity index (χ4v) is 11.6. The number of nitrogens with zero attached hydrogens (tertiary/aromatic N) is 2. The van der Waals surface area contributed by atoms with E-state index in [1.807, 2.05) is 0 Å². The molecule has 0 unspecified atom stereocenters. The summed E-state index contributed by atoms with van der Waals surface area (Å²) in [6, 6.07) is 85.4. The first kappa shape index (κ1) is 40.1. The number of hydrogen-bond donors (Lipinski definition) is 0. The van der Waals surface area contributed by atoms with Crippen LogP contribution in [0.25, 0.3) is 83.1 Å². The summed E-state index contributed by atoms with van der Waals surface area (Å²) < 4.78 is 2.38. The van der Waals surface area contributed by atoms with Gasteiger partial charge in [-0.15, -0.1) is 0 Å². The van der Waals surface area contributed by atoms with Crippen LogP contribution < -0.4 is 4.90 Å². The van der Waals surface area contributed by atoms with E-state index in [0.717, 1.165) is 22.7 Å². The van der Waals surface area contributed by atoms with Crippen LogP contribution in [0.4, 0.5) is 17.1 Å². The second-order valence-electron chi connectivity index (χ2n) is 19.8. The lowest BCUT2D eigenvalue weighted by molar-refractivity contribution is 0.660. The summed E-state index contributed by atoms with van der Waals surface area (Å²) in [4.78, 5) is 2.38. The number of anilines is 3. The standard InChI is InChI=1S/C66H50N2/c1-65(2)59-17-9-5-13-53(59)55-39-29-47(41-61(55)65)45-25-33-50(34-26-45)67(51-35-27-46(28-36-51)48-30-40-56-54-14-6-10-18-60(54)66(3,4)62(56)42-48)49-31-21-43(22-32-49)44-23-37-52(38-24-44)68-63-19-11-7-15-57(63)58-16-8-12-20-64(58)68/h5-42H,1-4H3. The Morgan fingerprint density at radius 1 is 0.294 bits per heavy atom. The van der Waals surface area contributed by atoms with Crippen molar-refractivity contribution in [2.75, 3.05) is 4.90 Å². The first-order chi connectivity index (χ1) is 33.2. The van der Waals surface area contributed by atoms with Crippen molar-refractivity contribution in [1.29, 1.82) is 0 Å². The maximum Gasteiger partial charge on any atom is 0.0541 e. The Morgan fingerprint density at radius 3 is 1.04 bits per heavy atom. The van der Waals surface area contributed by atoms with E-state index in [2.05, 4.69) is 268 Å². The van der Waals surface area contributed by atoms with Crippen LogP contribution in [0, 0.1) is 0 Å². The molecule has 10 aromatic carbocycles. The number of aromatic nitrogens is 1. The summed E-state index contributed by atoms with van der Waals surface area (Å²) in [5.74, 6) is 0. The van der Waals surface area contributed by atoms with Crippen molar-refractivity contribution >= 4 is 38.9 Å². The van der Waals surface area contributed by atoms with E-state index in [1.165, 1.54) is 99.7 Å². The molecule has 0 aliphatic heterocycles. The molecule has 13 rings (SSSR count). The third kappa shape index (κ3) is 6.17. The zero-order chi connectivity index (χ0) is 45.7. The highest BCUT2D eigenvalue weighted by Crippen LogP contribution is 2.51. The van der Waals surface area contributed by atoms with Gasteiger partial charge >= 0.3 is 0 Å². The highest BCUT2D eigenvalue weighted by atomic mass is 15.1. The van der Waals surface area contributed by atoms with Gasteiger partial charge < -0.3 is 9.47 Å². The van der Waals surface area contributed by atoms with Crippen molar-refractivity contribution in [2.45, 2.75) is 38.5 Å². The SMILES string of the molecule is CC1(C)c2ccccc2-c2ccc(-c3ccc(N(c4ccc(-c5ccc(-n6c7ccccc7c7ccccc76)cc5)cc4)c4ccc(-c5ccc6c(c5)C(C)(C)c5ccccc5-6)cc4)cc3)cc21. The van der Waals surface area contributed by atoms with Gasteiger partial charge in [0.25, 0.3) is 0 Å². The van der Waals surface area contributed by atoms with Crippen molar-refractivity contribution in [3.05, 3.63) is 253 Å². The van der Waals surface area contributed by atoms with Crippen molar-refractivity contribution in [1.82, 2.24) is 4.57 Å². The maximum atomic E-state index is 2.41. The first-order valence-corrected chi connectivity index (χ1v) is 23.9. The molecule has 0 saturated heterocycles. The van der Waals surface area contributed by atoms with Crippen LogP contribution in [-0.2, 0) is 10.8 Å². The van der Waals surface area contributed by atoms with Crippen LogP contribution in [0.3, 0.4) is 0 Å². The molecule has 0 N–H and O–H groups in total. The Labute approximate surface area is 399 Å². The minimum atomic E-state index is -0.0492. The Hall–Kier alpha value is -8.20. The Balaban J connectivity index is 0.846. The molecule has 0 spiro atoms. The van der Waals surface area contributed by atoms with Gasteiger partial charge in [0, 0.05) is 44.4 Å². The fraction of sp³-hybridized carbons (Fsp3) is 0.0909. The van der Waals surface area contributed by atoms with Crippen LogP contribution >= 0.6 is 0 Å². The van der Waals surface area contributed by atoms with Crippen LogP contribution in [0.1, 0.15) is 49.9 Å². The summed E-state index contributed by atoms with van der Waals surface area (Å²) >= 11 is 0. The van der Waals surface area contributed by atoms with Crippen molar-refractivity contribution in [3.63, 3.8) is 0 Å². The van der Waals surface area contributed by atoms with Crippen LogP contribution in [0.15, 0.2) is 231 Å². The van der Waals surface area contributed by atoms with Crippen molar-refractivity contribution in [3.8, 4) is 61.3 Å². The molecule has 1 heterocycles. The van der Waals surface area contributed by atoms with E-state index >= 15 is 0 Å². The van der Waals surface area contributed by atoms with Crippen LogP contribution in [0.2, 0.25) is 0 Å². The monoisotopic (exact) mass is 870 g/mol. The topological polar surface area (TPSA) is 8.17 Å². The first-order valence-electron chi connectivity index (χ1n) is 23.9. The Bertz CT molecular complexity index is 3550. The Kier molecular flexibility index (Phi) is 8.95. The normalized spacial score (nSPS) is 13.8. The molecule has 324 valence electrons. The van der Waals surface area contributed by atoms with Gasteiger partial charge in [0.1, 0.15) is 0 Å². The van der Waals surface area contributed by atoms with Gasteiger partial charge in [0.2, 0.25) is 0 Å². The number of hydrogen-bond acceptors (Lipinski definition) is 1. The molecule has 0 bridgehead atoms. The van der Waals surface area contributed by atoms with Gasteiger partial charge in [-0.2, -0.15) is 0 Å². The van der Waals surface area contributed by atoms with Crippen LogP contribution in [0.5, 0.6) is 0 Å². The molecular formula is C66H50N2. The highest BCUT2D eigenvalue weighted by molar-refractivity contribution is 6.09. The fourth-order valence-electron chi connectivity index (χ4n) is 11.6. The lowest BCUT2D eigenvalue weighted by atomic mass is 9.81. The van der Waals surface area contributed by atoms with Gasteiger partial charge in [-0.05, 0) is 151 Å². The second-order valence-corrected chi connectivity index (χ2v) is 19.8. The van der Waals surface area contributed by atoms with E-state index in [4.69, 9.17) is 0 Å². The molecule has 2 heteroatoms. The van der Waals surface area contributed by atoms with E-state index in [9.17, 15) is 0 Å². The van der Waals surface area contributed by atoms with E-state index in [1.54, 1.807) is 0 Å². The molecule has 0 radical (unpaired) electrons. The summed E-state index contributed by atoms with van der Waals surface area (Å²) in [6.45, 7) is 9.41. The molecule has 0 fully saturated rings. The van der Waals surface area contributed by atoms with Crippen molar-refractivity contribution in [2.24, 2.45) is 0 Å². The molecule has 1 aromatic heterocycles. The average Bonchev–Trinajstić information content (AvgIpc) is 3.94. The Morgan fingerprint density at radius 2 is 0.618 bits per heavy atom. The lowest BCUT2D eigenvalue weighted by Gasteiger charge is -2.26. The largest absolute Gasteiger partial charge is 0.311 e. The smallest absolute Gasteiger partial charge is 0.0541 e. The molecule has 2 nitrogen and oxygen atoms in total. The summed E-state index contributed by atoms with van der Waals surface area (Å²) in [5, 5.41) is 2.54. The summed E-state index contributed by atoms with van der Waals surface area (Å²) in [5.41, 5.74) is 25.0. The number of rotatable bonds is 7.